The van der Waals surface area contributed by atoms with Gasteiger partial charge in [0.2, 0.25) is 5.91 Å². The average Bonchev–Trinajstić information content (AvgIpc) is 2.42. The fraction of sp³-hybridized carbons (Fsp3) is 0.667. The van der Waals surface area contributed by atoms with Crippen LogP contribution in [-0.4, -0.2) is 32.4 Å². The van der Waals surface area contributed by atoms with Crippen molar-refractivity contribution < 1.29 is 13.2 Å². The Hall–Kier alpha value is -0.840. The summed E-state index contributed by atoms with van der Waals surface area (Å²) in [6, 6.07) is 0. The Kier molecular flexibility index (Phi) is 3.69. The smallest absolute Gasteiger partial charge is 0.220 e. The van der Waals surface area contributed by atoms with Crippen molar-refractivity contribution >= 4 is 15.7 Å². The normalized spacial score (nSPS) is 24.4. The molecular weight excluding hydrogens is 202 g/mol. The molecule has 80 valence electrons. The molecule has 1 unspecified atom stereocenters. The fourth-order valence-electron chi connectivity index (χ4n) is 1.55. The predicted octanol–water partition coefficient (Wildman–Crippen LogP) is 0.113. The molecule has 1 rings (SSSR count). The van der Waals surface area contributed by atoms with Crippen molar-refractivity contribution in [2.75, 3.05) is 18.1 Å². The Bertz CT molecular complexity index is 321. The summed E-state index contributed by atoms with van der Waals surface area (Å²) >= 11 is 0. The third-order valence-electron chi connectivity index (χ3n) is 2.24. The van der Waals surface area contributed by atoms with Gasteiger partial charge in [-0.15, -0.1) is 6.58 Å². The van der Waals surface area contributed by atoms with Crippen LogP contribution in [0.5, 0.6) is 0 Å². The quantitative estimate of drug-likeness (QED) is 0.680. The number of amides is 1. The maximum absolute atomic E-state index is 11.2. The summed E-state index contributed by atoms with van der Waals surface area (Å²) in [7, 11) is -2.86. The van der Waals surface area contributed by atoms with Crippen LogP contribution in [-0.2, 0) is 14.6 Å². The molecule has 1 fully saturated rings. The van der Waals surface area contributed by atoms with Gasteiger partial charge in [-0.25, -0.2) is 8.42 Å². The molecule has 0 aromatic carbocycles. The molecule has 1 aliphatic heterocycles. The van der Waals surface area contributed by atoms with E-state index < -0.39 is 9.84 Å². The zero-order chi connectivity index (χ0) is 10.6. The average molecular weight is 217 g/mol. The molecule has 0 radical (unpaired) electrons. The number of hydrogen-bond donors (Lipinski definition) is 1. The van der Waals surface area contributed by atoms with E-state index in [1.165, 1.54) is 0 Å². The number of hydrogen-bond acceptors (Lipinski definition) is 3. The monoisotopic (exact) mass is 217 g/mol. The lowest BCUT2D eigenvalue weighted by Crippen LogP contribution is -2.25. The highest BCUT2D eigenvalue weighted by atomic mass is 32.2. The fourth-order valence-corrected chi connectivity index (χ4v) is 3.42. The summed E-state index contributed by atoms with van der Waals surface area (Å²) in [6.45, 7) is 3.92. The van der Waals surface area contributed by atoms with Crippen LogP contribution in [0.2, 0.25) is 0 Å². The molecule has 14 heavy (non-hydrogen) atoms. The second-order valence-corrected chi connectivity index (χ2v) is 5.79. The summed E-state index contributed by atoms with van der Waals surface area (Å²) in [5.41, 5.74) is 0. The van der Waals surface area contributed by atoms with Crippen LogP contribution < -0.4 is 5.32 Å². The molecule has 1 heterocycles. The highest BCUT2D eigenvalue weighted by molar-refractivity contribution is 7.91. The molecule has 0 bridgehead atoms. The third kappa shape index (κ3) is 3.49. The van der Waals surface area contributed by atoms with Gasteiger partial charge in [0, 0.05) is 13.0 Å². The van der Waals surface area contributed by atoms with E-state index in [-0.39, 0.29) is 23.3 Å². The van der Waals surface area contributed by atoms with E-state index in [2.05, 4.69) is 11.9 Å². The zero-order valence-electron chi connectivity index (χ0n) is 8.03. The largest absolute Gasteiger partial charge is 0.353 e. The summed E-state index contributed by atoms with van der Waals surface area (Å²) in [6.07, 6.45) is 2.53. The Morgan fingerprint density at radius 3 is 2.79 bits per heavy atom. The van der Waals surface area contributed by atoms with Crippen LogP contribution in [0.4, 0.5) is 0 Å². The molecule has 0 aliphatic carbocycles. The highest BCUT2D eigenvalue weighted by Gasteiger charge is 2.29. The third-order valence-corrected chi connectivity index (χ3v) is 4.08. The molecule has 0 aromatic heterocycles. The number of rotatable bonds is 4. The zero-order valence-corrected chi connectivity index (χ0v) is 8.85. The molecule has 5 heteroatoms. The van der Waals surface area contributed by atoms with Crippen molar-refractivity contribution in [2.24, 2.45) is 5.92 Å². The maximum atomic E-state index is 11.2. The minimum atomic E-state index is -2.86. The Morgan fingerprint density at radius 2 is 2.29 bits per heavy atom. The molecule has 1 saturated heterocycles. The Balaban J connectivity index is 2.32. The standard InChI is InChI=1S/C9H15NO3S/c1-2-4-10-9(11)6-8-3-5-14(12,13)7-8/h2,8H,1,3-7H2,(H,10,11). The molecule has 1 atom stereocenters. The first-order valence-electron chi connectivity index (χ1n) is 4.61. The van der Waals surface area contributed by atoms with Crippen molar-refractivity contribution in [3.8, 4) is 0 Å². The molecule has 4 nitrogen and oxygen atoms in total. The van der Waals surface area contributed by atoms with Crippen molar-refractivity contribution in [1.29, 1.82) is 0 Å². The molecular formula is C9H15NO3S. The Labute approximate surface area is 84.3 Å². The van der Waals surface area contributed by atoms with Crippen LogP contribution in [0, 0.1) is 5.92 Å². The van der Waals surface area contributed by atoms with Gasteiger partial charge in [0.1, 0.15) is 0 Å². The van der Waals surface area contributed by atoms with Crippen molar-refractivity contribution in [3.63, 3.8) is 0 Å². The van der Waals surface area contributed by atoms with Crippen LogP contribution >= 0.6 is 0 Å². The Morgan fingerprint density at radius 1 is 1.57 bits per heavy atom. The summed E-state index contributed by atoms with van der Waals surface area (Å²) in [5, 5.41) is 2.63. The molecule has 1 N–H and O–H groups in total. The van der Waals surface area contributed by atoms with Gasteiger partial charge in [0.25, 0.3) is 0 Å². The van der Waals surface area contributed by atoms with Gasteiger partial charge in [-0.05, 0) is 12.3 Å². The summed E-state index contributed by atoms with van der Waals surface area (Å²) in [4.78, 5) is 11.2. The van der Waals surface area contributed by atoms with Crippen molar-refractivity contribution in [1.82, 2.24) is 5.32 Å². The first kappa shape index (κ1) is 11.2. The lowest BCUT2D eigenvalue weighted by molar-refractivity contribution is -0.121. The van der Waals surface area contributed by atoms with E-state index in [0.29, 0.717) is 19.4 Å². The summed E-state index contributed by atoms with van der Waals surface area (Å²) < 4.78 is 22.2. The molecule has 0 saturated carbocycles. The van der Waals surface area contributed by atoms with E-state index in [1.807, 2.05) is 0 Å². The van der Waals surface area contributed by atoms with Gasteiger partial charge in [-0.1, -0.05) is 6.08 Å². The minimum absolute atomic E-state index is 0.00446. The van der Waals surface area contributed by atoms with E-state index in [1.54, 1.807) is 6.08 Å². The predicted molar refractivity (Wildman–Crippen MR) is 54.6 cm³/mol. The van der Waals surface area contributed by atoms with Crippen molar-refractivity contribution in [3.05, 3.63) is 12.7 Å². The maximum Gasteiger partial charge on any atom is 0.220 e. The van der Waals surface area contributed by atoms with E-state index >= 15 is 0 Å². The molecule has 0 spiro atoms. The second kappa shape index (κ2) is 4.59. The second-order valence-electron chi connectivity index (χ2n) is 3.57. The van der Waals surface area contributed by atoms with Gasteiger partial charge < -0.3 is 5.32 Å². The minimum Gasteiger partial charge on any atom is -0.353 e. The highest BCUT2D eigenvalue weighted by Crippen LogP contribution is 2.21. The van der Waals surface area contributed by atoms with E-state index in [0.717, 1.165) is 0 Å². The van der Waals surface area contributed by atoms with E-state index in [9.17, 15) is 13.2 Å². The lowest BCUT2D eigenvalue weighted by atomic mass is 10.1. The van der Waals surface area contributed by atoms with E-state index in [4.69, 9.17) is 0 Å². The topological polar surface area (TPSA) is 63.2 Å². The van der Waals surface area contributed by atoms with Gasteiger partial charge in [0.15, 0.2) is 9.84 Å². The number of sulfone groups is 1. The van der Waals surface area contributed by atoms with Gasteiger partial charge in [-0.2, -0.15) is 0 Å². The molecule has 0 aromatic rings. The SMILES string of the molecule is C=CCNC(=O)CC1CCS(=O)(=O)C1. The first-order chi connectivity index (χ1) is 6.53. The van der Waals surface area contributed by atoms with Crippen LogP contribution in [0.15, 0.2) is 12.7 Å². The van der Waals surface area contributed by atoms with Gasteiger partial charge in [0.05, 0.1) is 11.5 Å². The molecule has 1 amide bonds. The van der Waals surface area contributed by atoms with Crippen LogP contribution in [0.1, 0.15) is 12.8 Å². The summed E-state index contributed by atoms with van der Waals surface area (Å²) in [5.74, 6) is 0.304. The lowest BCUT2D eigenvalue weighted by Gasteiger charge is -2.06. The number of carbonyl (C=O) groups is 1. The van der Waals surface area contributed by atoms with Crippen LogP contribution in [0.25, 0.3) is 0 Å². The van der Waals surface area contributed by atoms with Crippen LogP contribution in [0.3, 0.4) is 0 Å². The molecule has 1 aliphatic rings. The van der Waals surface area contributed by atoms with Gasteiger partial charge in [-0.3, -0.25) is 4.79 Å². The van der Waals surface area contributed by atoms with Crippen molar-refractivity contribution in [2.45, 2.75) is 12.8 Å². The van der Waals surface area contributed by atoms with Gasteiger partial charge >= 0.3 is 0 Å². The number of nitrogens with one attached hydrogen (secondary N) is 1. The first-order valence-corrected chi connectivity index (χ1v) is 6.43. The number of carbonyl (C=O) groups excluding carboxylic acids is 1.